The van der Waals surface area contributed by atoms with Crippen molar-refractivity contribution in [2.24, 2.45) is 0 Å². The maximum absolute atomic E-state index is 10.9. The molecule has 0 atom stereocenters. The summed E-state index contributed by atoms with van der Waals surface area (Å²) in [5.74, 6) is 0.835. The second kappa shape index (κ2) is 5.89. The maximum Gasteiger partial charge on any atom is 0.280 e. The van der Waals surface area contributed by atoms with Gasteiger partial charge in [0.15, 0.2) is 11.5 Å². The number of hydrogen-bond acceptors (Lipinski definition) is 4. The van der Waals surface area contributed by atoms with Crippen molar-refractivity contribution in [1.29, 1.82) is 0 Å². The lowest BCUT2D eigenvalue weighted by atomic mass is 10.1. The van der Waals surface area contributed by atoms with E-state index in [1.165, 1.54) is 20.3 Å². The quantitative estimate of drug-likeness (QED) is 0.583. The highest BCUT2D eigenvalue weighted by atomic mass is 16.6. The molecule has 0 aliphatic carbocycles. The number of rotatable bonds is 5. The van der Waals surface area contributed by atoms with Crippen molar-refractivity contribution in [2.45, 2.75) is 13.3 Å². The predicted octanol–water partition coefficient (Wildman–Crippen LogP) is 3.04. The van der Waals surface area contributed by atoms with Gasteiger partial charge in [-0.1, -0.05) is 19.1 Å². The van der Waals surface area contributed by atoms with Crippen LogP contribution in [0, 0.1) is 10.1 Å². The fraction of sp³-hybridized carbons (Fsp3) is 0.333. The Morgan fingerprint density at radius 3 is 2.35 bits per heavy atom. The highest BCUT2D eigenvalue weighted by Crippen LogP contribution is 2.35. The van der Waals surface area contributed by atoms with Crippen LogP contribution in [0.1, 0.15) is 18.9 Å². The van der Waals surface area contributed by atoms with Crippen molar-refractivity contribution in [1.82, 2.24) is 0 Å². The summed E-state index contributed by atoms with van der Waals surface area (Å²) >= 11 is 0. The Morgan fingerprint density at radius 2 is 1.88 bits per heavy atom. The van der Waals surface area contributed by atoms with Gasteiger partial charge < -0.3 is 9.47 Å². The number of methoxy groups -OCH3 is 2. The van der Waals surface area contributed by atoms with E-state index < -0.39 is 4.92 Å². The molecule has 5 heteroatoms. The number of benzene rings is 1. The molecule has 0 fully saturated rings. The lowest BCUT2D eigenvalue weighted by Crippen LogP contribution is -1.96. The zero-order valence-corrected chi connectivity index (χ0v) is 10.1. The van der Waals surface area contributed by atoms with Crippen LogP contribution in [0.25, 0.3) is 6.08 Å². The number of nitrogens with zero attached hydrogens (tertiary/aromatic N) is 1. The second-order valence-electron chi connectivity index (χ2n) is 3.33. The molecule has 5 nitrogen and oxygen atoms in total. The van der Waals surface area contributed by atoms with Crippen molar-refractivity contribution >= 4 is 11.8 Å². The molecule has 0 amide bonds. The van der Waals surface area contributed by atoms with E-state index in [-0.39, 0.29) is 5.69 Å². The fourth-order valence-corrected chi connectivity index (χ4v) is 1.42. The summed E-state index contributed by atoms with van der Waals surface area (Å²) in [6.07, 6.45) is 4.37. The SMILES string of the molecule is CC/C=C/c1cc(OC)c(OC)cc1[N+](=O)[O-]. The molecule has 0 N–H and O–H groups in total. The first kappa shape index (κ1) is 13.0. The Morgan fingerprint density at radius 1 is 1.29 bits per heavy atom. The molecule has 1 rings (SSSR count). The highest BCUT2D eigenvalue weighted by molar-refractivity contribution is 5.66. The summed E-state index contributed by atoms with van der Waals surface area (Å²) in [5, 5.41) is 10.9. The van der Waals surface area contributed by atoms with Crippen LogP contribution in [0.4, 0.5) is 5.69 Å². The Labute approximate surface area is 99.8 Å². The molecule has 0 bridgehead atoms. The molecule has 0 heterocycles. The molecule has 0 aliphatic heterocycles. The summed E-state index contributed by atoms with van der Waals surface area (Å²) < 4.78 is 10.1. The predicted molar refractivity (Wildman–Crippen MR) is 65.5 cm³/mol. The molecule has 17 heavy (non-hydrogen) atoms. The fourth-order valence-electron chi connectivity index (χ4n) is 1.42. The van der Waals surface area contributed by atoms with Crippen LogP contribution in [0.3, 0.4) is 0 Å². The van der Waals surface area contributed by atoms with Crippen LogP contribution in [0.2, 0.25) is 0 Å². The first-order valence-electron chi connectivity index (χ1n) is 5.21. The van der Waals surface area contributed by atoms with E-state index in [1.807, 2.05) is 13.0 Å². The molecule has 1 aromatic rings. The monoisotopic (exact) mass is 237 g/mol. The molecule has 1 aromatic carbocycles. The van der Waals surface area contributed by atoms with E-state index in [2.05, 4.69) is 0 Å². The topological polar surface area (TPSA) is 61.6 Å². The number of nitro benzene ring substituents is 1. The molecule has 0 saturated heterocycles. The maximum atomic E-state index is 10.9. The van der Waals surface area contributed by atoms with Crippen molar-refractivity contribution in [3.05, 3.63) is 33.9 Å². The minimum Gasteiger partial charge on any atom is -0.493 e. The van der Waals surface area contributed by atoms with Gasteiger partial charge in [-0.05, 0) is 12.5 Å². The van der Waals surface area contributed by atoms with Gasteiger partial charge in [-0.3, -0.25) is 10.1 Å². The van der Waals surface area contributed by atoms with Crippen molar-refractivity contribution < 1.29 is 14.4 Å². The van der Waals surface area contributed by atoms with E-state index in [4.69, 9.17) is 9.47 Å². The molecular weight excluding hydrogens is 222 g/mol. The number of allylic oxidation sites excluding steroid dienone is 1. The van der Waals surface area contributed by atoms with Crippen LogP contribution in [0.5, 0.6) is 11.5 Å². The number of nitro groups is 1. The van der Waals surface area contributed by atoms with Crippen molar-refractivity contribution in [3.8, 4) is 11.5 Å². The zero-order chi connectivity index (χ0) is 12.8. The van der Waals surface area contributed by atoms with Gasteiger partial charge in [0.2, 0.25) is 0 Å². The van der Waals surface area contributed by atoms with E-state index in [0.29, 0.717) is 17.1 Å². The second-order valence-corrected chi connectivity index (χ2v) is 3.33. The van der Waals surface area contributed by atoms with Crippen LogP contribution in [0.15, 0.2) is 18.2 Å². The van der Waals surface area contributed by atoms with Crippen LogP contribution >= 0.6 is 0 Å². The third-order valence-corrected chi connectivity index (χ3v) is 2.26. The van der Waals surface area contributed by atoms with Gasteiger partial charge >= 0.3 is 0 Å². The average Bonchev–Trinajstić information content (AvgIpc) is 2.34. The average molecular weight is 237 g/mol. The summed E-state index contributed by atoms with van der Waals surface area (Å²) in [7, 11) is 2.94. The molecule has 0 spiro atoms. The summed E-state index contributed by atoms with van der Waals surface area (Å²) in [4.78, 5) is 10.5. The molecule has 0 unspecified atom stereocenters. The molecule has 0 aromatic heterocycles. The molecule has 0 aliphatic rings. The third-order valence-electron chi connectivity index (χ3n) is 2.26. The summed E-state index contributed by atoms with van der Waals surface area (Å²) in [6.45, 7) is 1.96. The van der Waals surface area contributed by atoms with Crippen molar-refractivity contribution in [3.63, 3.8) is 0 Å². The Hall–Kier alpha value is -2.04. The van der Waals surface area contributed by atoms with Gasteiger partial charge in [0.1, 0.15) is 0 Å². The molecule has 92 valence electrons. The first-order chi connectivity index (χ1) is 8.13. The number of ether oxygens (including phenoxy) is 2. The zero-order valence-electron chi connectivity index (χ0n) is 10.1. The van der Waals surface area contributed by atoms with Gasteiger partial charge in [0.05, 0.1) is 30.8 Å². The number of hydrogen-bond donors (Lipinski definition) is 0. The van der Waals surface area contributed by atoms with E-state index in [0.717, 1.165) is 6.42 Å². The van der Waals surface area contributed by atoms with Crippen LogP contribution < -0.4 is 9.47 Å². The normalized spacial score (nSPS) is 10.5. The Balaban J connectivity index is 3.34. The Kier molecular flexibility index (Phi) is 4.51. The Bertz CT molecular complexity index is 440. The minimum atomic E-state index is -0.433. The van der Waals surface area contributed by atoms with Gasteiger partial charge in [-0.25, -0.2) is 0 Å². The molecule has 0 radical (unpaired) electrons. The smallest absolute Gasteiger partial charge is 0.280 e. The van der Waals surface area contributed by atoms with Gasteiger partial charge in [0.25, 0.3) is 5.69 Å². The van der Waals surface area contributed by atoms with E-state index in [1.54, 1.807) is 12.1 Å². The third kappa shape index (κ3) is 2.96. The molecular formula is C12H15NO4. The standard InChI is InChI=1S/C12H15NO4/c1-4-5-6-9-7-11(16-2)12(17-3)8-10(9)13(14)15/h5-8H,4H2,1-3H3/b6-5+. The van der Waals surface area contributed by atoms with E-state index >= 15 is 0 Å². The summed E-state index contributed by atoms with van der Waals surface area (Å²) in [6, 6.07) is 2.97. The first-order valence-corrected chi connectivity index (χ1v) is 5.21. The van der Waals surface area contributed by atoms with Crippen molar-refractivity contribution in [2.75, 3.05) is 14.2 Å². The molecule has 0 saturated carbocycles. The van der Waals surface area contributed by atoms with Crippen LogP contribution in [-0.4, -0.2) is 19.1 Å². The lowest BCUT2D eigenvalue weighted by molar-refractivity contribution is -0.385. The largest absolute Gasteiger partial charge is 0.493 e. The van der Waals surface area contributed by atoms with Crippen LogP contribution in [-0.2, 0) is 0 Å². The van der Waals surface area contributed by atoms with Gasteiger partial charge in [0, 0.05) is 0 Å². The minimum absolute atomic E-state index is 0.00681. The summed E-state index contributed by atoms with van der Waals surface area (Å²) in [5.41, 5.74) is 0.516. The van der Waals surface area contributed by atoms with Gasteiger partial charge in [-0.2, -0.15) is 0 Å². The highest BCUT2D eigenvalue weighted by Gasteiger charge is 2.17. The lowest BCUT2D eigenvalue weighted by Gasteiger charge is -2.08. The van der Waals surface area contributed by atoms with Gasteiger partial charge in [-0.15, -0.1) is 0 Å². The van der Waals surface area contributed by atoms with E-state index in [9.17, 15) is 10.1 Å².